The molecule has 1 saturated carbocycles. The summed E-state index contributed by atoms with van der Waals surface area (Å²) in [5.41, 5.74) is 0.577. The summed E-state index contributed by atoms with van der Waals surface area (Å²) in [6, 6.07) is 0. The van der Waals surface area contributed by atoms with E-state index in [9.17, 15) is 5.11 Å². The molecule has 0 bridgehead atoms. The second kappa shape index (κ2) is 4.97. The van der Waals surface area contributed by atoms with Crippen LogP contribution in [0, 0.1) is 5.41 Å². The summed E-state index contributed by atoms with van der Waals surface area (Å²) in [5, 5.41) is 12.7. The van der Waals surface area contributed by atoms with Gasteiger partial charge in [-0.3, -0.25) is 0 Å². The molecule has 0 aliphatic heterocycles. The number of aliphatic hydroxyl groups is 1. The third-order valence-corrected chi connectivity index (χ3v) is 3.52. The Balaban J connectivity index is 2.10. The Labute approximate surface area is 81.7 Å². The minimum Gasteiger partial charge on any atom is -0.392 e. The molecular formula is C11H23NO. The van der Waals surface area contributed by atoms with Crippen LogP contribution >= 0.6 is 0 Å². The molecule has 0 saturated heterocycles. The summed E-state index contributed by atoms with van der Waals surface area (Å²) in [4.78, 5) is 0. The molecule has 0 amide bonds. The van der Waals surface area contributed by atoms with Gasteiger partial charge in [0.15, 0.2) is 0 Å². The third-order valence-electron chi connectivity index (χ3n) is 3.52. The second-order valence-corrected chi connectivity index (χ2v) is 4.40. The molecular weight excluding hydrogens is 162 g/mol. The van der Waals surface area contributed by atoms with E-state index in [2.05, 4.69) is 12.2 Å². The molecule has 0 aromatic carbocycles. The van der Waals surface area contributed by atoms with Gasteiger partial charge >= 0.3 is 0 Å². The molecule has 78 valence electrons. The zero-order chi connectivity index (χ0) is 9.73. The number of hydrogen-bond acceptors (Lipinski definition) is 2. The number of aliphatic hydroxyl groups excluding tert-OH is 1. The smallest absolute Gasteiger partial charge is 0.0662 e. The quantitative estimate of drug-likeness (QED) is 0.662. The summed E-state index contributed by atoms with van der Waals surface area (Å²) in [6.45, 7) is 6.15. The Hall–Kier alpha value is -0.0800. The molecule has 0 heterocycles. The molecule has 2 heteroatoms. The summed E-state index contributed by atoms with van der Waals surface area (Å²) in [7, 11) is 0. The standard InChI is InChI=1S/C11H23NO/c1-3-10(13)8-12-9-11(4-2)6-5-7-11/h10,12-13H,3-9H2,1-2H3. The van der Waals surface area contributed by atoms with Gasteiger partial charge in [0.25, 0.3) is 0 Å². The van der Waals surface area contributed by atoms with Crippen LogP contribution in [-0.2, 0) is 0 Å². The van der Waals surface area contributed by atoms with Crippen molar-refractivity contribution in [2.24, 2.45) is 5.41 Å². The number of hydrogen-bond donors (Lipinski definition) is 2. The number of nitrogens with one attached hydrogen (secondary N) is 1. The lowest BCUT2D eigenvalue weighted by Crippen LogP contribution is -2.41. The summed E-state index contributed by atoms with van der Waals surface area (Å²) >= 11 is 0. The van der Waals surface area contributed by atoms with E-state index in [4.69, 9.17) is 0 Å². The first kappa shape index (κ1) is 11.0. The van der Waals surface area contributed by atoms with E-state index in [-0.39, 0.29) is 6.10 Å². The molecule has 1 fully saturated rings. The van der Waals surface area contributed by atoms with Crippen LogP contribution in [0.1, 0.15) is 46.0 Å². The molecule has 0 aromatic rings. The highest BCUT2D eigenvalue weighted by molar-refractivity contribution is 4.88. The molecule has 1 rings (SSSR count). The van der Waals surface area contributed by atoms with Gasteiger partial charge in [-0.1, -0.05) is 20.3 Å². The molecule has 1 atom stereocenters. The van der Waals surface area contributed by atoms with Crippen LogP contribution in [0.5, 0.6) is 0 Å². The van der Waals surface area contributed by atoms with E-state index >= 15 is 0 Å². The van der Waals surface area contributed by atoms with E-state index < -0.39 is 0 Å². The Morgan fingerprint density at radius 3 is 2.46 bits per heavy atom. The molecule has 0 spiro atoms. The van der Waals surface area contributed by atoms with Crippen molar-refractivity contribution in [3.05, 3.63) is 0 Å². The first-order chi connectivity index (χ1) is 6.22. The predicted octanol–water partition coefficient (Wildman–Crippen LogP) is 1.93. The van der Waals surface area contributed by atoms with E-state index in [1.54, 1.807) is 0 Å². The normalized spacial score (nSPS) is 22.4. The first-order valence-electron chi connectivity index (χ1n) is 5.61. The van der Waals surface area contributed by atoms with Crippen molar-refractivity contribution in [2.75, 3.05) is 13.1 Å². The highest BCUT2D eigenvalue weighted by Gasteiger charge is 2.34. The van der Waals surface area contributed by atoms with Gasteiger partial charge in [0.05, 0.1) is 6.10 Å². The van der Waals surface area contributed by atoms with Crippen molar-refractivity contribution >= 4 is 0 Å². The SMILES string of the molecule is CCC(O)CNCC1(CC)CCC1. The van der Waals surface area contributed by atoms with E-state index in [0.29, 0.717) is 5.41 Å². The monoisotopic (exact) mass is 185 g/mol. The van der Waals surface area contributed by atoms with Gasteiger partial charge in [0.1, 0.15) is 0 Å². The highest BCUT2D eigenvalue weighted by Crippen LogP contribution is 2.42. The Kier molecular flexibility index (Phi) is 4.20. The highest BCUT2D eigenvalue weighted by atomic mass is 16.3. The minimum atomic E-state index is -0.158. The summed E-state index contributed by atoms with van der Waals surface area (Å²) in [6.07, 6.45) is 6.12. The van der Waals surface area contributed by atoms with Gasteiger partial charge < -0.3 is 10.4 Å². The maximum Gasteiger partial charge on any atom is 0.0662 e. The lowest BCUT2D eigenvalue weighted by Gasteiger charge is -2.41. The topological polar surface area (TPSA) is 32.3 Å². The van der Waals surface area contributed by atoms with Gasteiger partial charge in [0.2, 0.25) is 0 Å². The fourth-order valence-electron chi connectivity index (χ4n) is 1.98. The second-order valence-electron chi connectivity index (χ2n) is 4.40. The zero-order valence-corrected chi connectivity index (χ0v) is 8.97. The van der Waals surface area contributed by atoms with Gasteiger partial charge in [-0.25, -0.2) is 0 Å². The first-order valence-corrected chi connectivity index (χ1v) is 5.61. The van der Waals surface area contributed by atoms with Gasteiger partial charge in [-0.15, -0.1) is 0 Å². The maximum atomic E-state index is 9.36. The van der Waals surface area contributed by atoms with E-state index in [1.807, 2.05) is 6.92 Å². The van der Waals surface area contributed by atoms with Crippen LogP contribution in [0.25, 0.3) is 0 Å². The van der Waals surface area contributed by atoms with Crippen molar-refractivity contribution in [3.8, 4) is 0 Å². The average molecular weight is 185 g/mol. The maximum absolute atomic E-state index is 9.36. The minimum absolute atomic E-state index is 0.158. The van der Waals surface area contributed by atoms with Crippen LogP contribution in [-0.4, -0.2) is 24.3 Å². The van der Waals surface area contributed by atoms with Crippen molar-refractivity contribution < 1.29 is 5.11 Å². The molecule has 13 heavy (non-hydrogen) atoms. The van der Waals surface area contributed by atoms with Crippen molar-refractivity contribution in [2.45, 2.75) is 52.1 Å². The Bertz CT molecular complexity index is 138. The predicted molar refractivity (Wildman–Crippen MR) is 55.7 cm³/mol. The van der Waals surface area contributed by atoms with Crippen molar-refractivity contribution in [1.29, 1.82) is 0 Å². The number of rotatable bonds is 6. The zero-order valence-electron chi connectivity index (χ0n) is 8.97. The largest absolute Gasteiger partial charge is 0.392 e. The fraction of sp³-hybridized carbons (Fsp3) is 1.00. The van der Waals surface area contributed by atoms with Gasteiger partial charge in [-0.2, -0.15) is 0 Å². The molecule has 1 unspecified atom stereocenters. The lowest BCUT2D eigenvalue weighted by atomic mass is 9.67. The van der Waals surface area contributed by atoms with E-state index in [1.165, 1.54) is 25.7 Å². The molecule has 1 aliphatic rings. The third kappa shape index (κ3) is 2.96. The van der Waals surface area contributed by atoms with Gasteiger partial charge in [0, 0.05) is 13.1 Å². The average Bonchev–Trinajstić information content (AvgIpc) is 2.09. The van der Waals surface area contributed by atoms with Crippen molar-refractivity contribution in [1.82, 2.24) is 5.32 Å². The van der Waals surface area contributed by atoms with Crippen LogP contribution in [0.15, 0.2) is 0 Å². The molecule has 0 aromatic heterocycles. The molecule has 1 aliphatic carbocycles. The molecule has 2 nitrogen and oxygen atoms in total. The van der Waals surface area contributed by atoms with Gasteiger partial charge in [-0.05, 0) is 31.1 Å². The summed E-state index contributed by atoms with van der Waals surface area (Å²) < 4.78 is 0. The van der Waals surface area contributed by atoms with Crippen LogP contribution in [0.3, 0.4) is 0 Å². The lowest BCUT2D eigenvalue weighted by molar-refractivity contribution is 0.109. The van der Waals surface area contributed by atoms with E-state index in [0.717, 1.165) is 19.5 Å². The van der Waals surface area contributed by atoms with Crippen LogP contribution in [0.4, 0.5) is 0 Å². The fourth-order valence-corrected chi connectivity index (χ4v) is 1.98. The molecule has 0 radical (unpaired) electrons. The molecule has 2 N–H and O–H groups in total. The summed E-state index contributed by atoms with van der Waals surface area (Å²) in [5.74, 6) is 0. The Morgan fingerprint density at radius 2 is 2.08 bits per heavy atom. The Morgan fingerprint density at radius 1 is 1.38 bits per heavy atom. The van der Waals surface area contributed by atoms with Crippen LogP contribution < -0.4 is 5.32 Å². The van der Waals surface area contributed by atoms with Crippen molar-refractivity contribution in [3.63, 3.8) is 0 Å². The van der Waals surface area contributed by atoms with Crippen LogP contribution in [0.2, 0.25) is 0 Å².